The van der Waals surface area contributed by atoms with Crippen molar-refractivity contribution in [3.8, 4) is 5.75 Å². The maximum absolute atomic E-state index is 12.5. The average Bonchev–Trinajstić information content (AvgIpc) is 2.41. The number of nitrogens with zero attached hydrogens (tertiary/aromatic N) is 1. The zero-order valence-electron chi connectivity index (χ0n) is 11.0. The standard InChI is InChI=1S/C14H19ClN2O2/c1-9-2-3-10(7-16)8-17(9)14(19)11-4-5-13(18)12(15)6-11/h4-6,9-10,18H,2-3,7-8,16H2,1H3. The maximum atomic E-state index is 12.5. The van der Waals surface area contributed by atoms with Crippen LogP contribution >= 0.6 is 11.6 Å². The van der Waals surface area contributed by atoms with E-state index in [2.05, 4.69) is 0 Å². The Morgan fingerprint density at radius 2 is 2.26 bits per heavy atom. The van der Waals surface area contributed by atoms with Crippen LogP contribution in [0, 0.1) is 5.92 Å². The minimum Gasteiger partial charge on any atom is -0.506 e. The third kappa shape index (κ3) is 3.01. The van der Waals surface area contributed by atoms with Crippen LogP contribution in [0.15, 0.2) is 18.2 Å². The number of carbonyl (C=O) groups is 1. The zero-order valence-corrected chi connectivity index (χ0v) is 11.7. The molecule has 0 aromatic heterocycles. The average molecular weight is 283 g/mol. The van der Waals surface area contributed by atoms with Gasteiger partial charge in [-0.2, -0.15) is 0 Å². The zero-order chi connectivity index (χ0) is 14.0. The molecule has 5 heteroatoms. The van der Waals surface area contributed by atoms with Crippen molar-refractivity contribution >= 4 is 17.5 Å². The summed E-state index contributed by atoms with van der Waals surface area (Å²) in [4.78, 5) is 14.3. The number of hydrogen-bond donors (Lipinski definition) is 2. The molecule has 4 nitrogen and oxygen atoms in total. The van der Waals surface area contributed by atoms with Crippen LogP contribution in [0.4, 0.5) is 0 Å². The Morgan fingerprint density at radius 1 is 1.53 bits per heavy atom. The number of phenols is 1. The normalized spacial score (nSPS) is 23.4. The molecule has 1 heterocycles. The molecular formula is C14H19ClN2O2. The Labute approximate surface area is 118 Å². The molecule has 1 saturated heterocycles. The highest BCUT2D eigenvalue weighted by molar-refractivity contribution is 6.32. The summed E-state index contributed by atoms with van der Waals surface area (Å²) in [7, 11) is 0. The van der Waals surface area contributed by atoms with E-state index in [0.717, 1.165) is 12.8 Å². The summed E-state index contributed by atoms with van der Waals surface area (Å²) in [6.07, 6.45) is 2.04. The van der Waals surface area contributed by atoms with Crippen molar-refractivity contribution in [1.82, 2.24) is 4.90 Å². The van der Waals surface area contributed by atoms with Gasteiger partial charge in [-0.1, -0.05) is 11.6 Å². The lowest BCUT2D eigenvalue weighted by molar-refractivity contribution is 0.0567. The first-order valence-electron chi connectivity index (χ1n) is 6.52. The van der Waals surface area contributed by atoms with E-state index in [9.17, 15) is 9.90 Å². The quantitative estimate of drug-likeness (QED) is 0.874. The highest BCUT2D eigenvalue weighted by Crippen LogP contribution is 2.27. The molecule has 2 atom stereocenters. The van der Waals surface area contributed by atoms with Crippen molar-refractivity contribution in [2.24, 2.45) is 11.7 Å². The van der Waals surface area contributed by atoms with Crippen molar-refractivity contribution in [3.63, 3.8) is 0 Å². The SMILES string of the molecule is CC1CCC(CN)CN1C(=O)c1ccc(O)c(Cl)c1. The molecular weight excluding hydrogens is 264 g/mol. The van der Waals surface area contributed by atoms with Gasteiger partial charge in [-0.25, -0.2) is 0 Å². The van der Waals surface area contributed by atoms with Gasteiger partial charge in [0.25, 0.3) is 5.91 Å². The van der Waals surface area contributed by atoms with Gasteiger partial charge in [-0.15, -0.1) is 0 Å². The number of piperidine rings is 1. The largest absolute Gasteiger partial charge is 0.506 e. The number of nitrogens with two attached hydrogens (primary N) is 1. The molecule has 1 aromatic carbocycles. The Bertz CT molecular complexity index is 479. The number of amides is 1. The summed E-state index contributed by atoms with van der Waals surface area (Å²) in [6.45, 7) is 3.34. The van der Waals surface area contributed by atoms with Gasteiger partial charge in [-0.05, 0) is 50.4 Å². The second-order valence-corrected chi connectivity index (χ2v) is 5.56. The third-order valence-electron chi connectivity index (χ3n) is 3.77. The van der Waals surface area contributed by atoms with Crippen LogP contribution in [0.2, 0.25) is 5.02 Å². The molecule has 0 radical (unpaired) electrons. The summed E-state index contributed by atoms with van der Waals surface area (Å²) >= 11 is 5.85. The lowest BCUT2D eigenvalue weighted by Gasteiger charge is -2.37. The van der Waals surface area contributed by atoms with Crippen molar-refractivity contribution < 1.29 is 9.90 Å². The third-order valence-corrected chi connectivity index (χ3v) is 4.07. The molecule has 1 aromatic rings. The molecule has 1 aliphatic rings. The summed E-state index contributed by atoms with van der Waals surface area (Å²) < 4.78 is 0. The Hall–Kier alpha value is -1.26. The molecule has 104 valence electrons. The number of halogens is 1. The highest BCUT2D eigenvalue weighted by Gasteiger charge is 2.29. The van der Waals surface area contributed by atoms with Crippen molar-refractivity contribution in [2.45, 2.75) is 25.8 Å². The van der Waals surface area contributed by atoms with Crippen LogP contribution in [0.25, 0.3) is 0 Å². The highest BCUT2D eigenvalue weighted by atomic mass is 35.5. The van der Waals surface area contributed by atoms with Gasteiger partial charge >= 0.3 is 0 Å². The molecule has 0 spiro atoms. The van der Waals surface area contributed by atoms with E-state index in [-0.39, 0.29) is 22.7 Å². The van der Waals surface area contributed by atoms with Gasteiger partial charge in [-0.3, -0.25) is 4.79 Å². The van der Waals surface area contributed by atoms with E-state index in [1.54, 1.807) is 6.07 Å². The summed E-state index contributed by atoms with van der Waals surface area (Å²) in [5.74, 6) is 0.310. The number of hydrogen-bond acceptors (Lipinski definition) is 3. The van der Waals surface area contributed by atoms with Crippen LogP contribution in [0.3, 0.4) is 0 Å². The predicted octanol–water partition coefficient (Wildman–Crippen LogP) is 2.25. The van der Waals surface area contributed by atoms with E-state index in [1.807, 2.05) is 11.8 Å². The number of carbonyl (C=O) groups excluding carboxylic acids is 1. The van der Waals surface area contributed by atoms with Crippen molar-refractivity contribution in [3.05, 3.63) is 28.8 Å². The monoisotopic (exact) mass is 282 g/mol. The van der Waals surface area contributed by atoms with Crippen LogP contribution in [0.5, 0.6) is 5.75 Å². The fraction of sp³-hybridized carbons (Fsp3) is 0.500. The van der Waals surface area contributed by atoms with E-state index in [0.29, 0.717) is 24.6 Å². The van der Waals surface area contributed by atoms with Gasteiger partial charge in [0.15, 0.2) is 0 Å². The molecule has 1 amide bonds. The van der Waals surface area contributed by atoms with Crippen LogP contribution in [-0.2, 0) is 0 Å². The van der Waals surface area contributed by atoms with Gasteiger partial charge in [0.1, 0.15) is 5.75 Å². The predicted molar refractivity (Wildman–Crippen MR) is 75.4 cm³/mol. The van der Waals surface area contributed by atoms with Crippen LogP contribution in [0.1, 0.15) is 30.1 Å². The first-order valence-corrected chi connectivity index (χ1v) is 6.90. The van der Waals surface area contributed by atoms with Gasteiger partial charge < -0.3 is 15.7 Å². The molecule has 1 fully saturated rings. The minimum absolute atomic E-state index is 0.00950. The fourth-order valence-corrected chi connectivity index (χ4v) is 2.64. The summed E-state index contributed by atoms with van der Waals surface area (Å²) in [5, 5.41) is 9.59. The molecule has 0 bridgehead atoms. The number of rotatable bonds is 2. The smallest absolute Gasteiger partial charge is 0.254 e. The second kappa shape index (κ2) is 5.80. The summed E-state index contributed by atoms with van der Waals surface area (Å²) in [5.41, 5.74) is 6.21. The fourth-order valence-electron chi connectivity index (χ4n) is 2.46. The Balaban J connectivity index is 2.19. The van der Waals surface area contributed by atoms with E-state index in [1.165, 1.54) is 12.1 Å². The van der Waals surface area contributed by atoms with Crippen LogP contribution < -0.4 is 5.73 Å². The van der Waals surface area contributed by atoms with Crippen LogP contribution in [-0.4, -0.2) is 35.0 Å². The molecule has 0 aliphatic carbocycles. The molecule has 0 saturated carbocycles. The number of benzene rings is 1. The second-order valence-electron chi connectivity index (χ2n) is 5.15. The lowest BCUT2D eigenvalue weighted by atomic mass is 9.93. The number of aromatic hydroxyl groups is 1. The first-order chi connectivity index (χ1) is 9.02. The van der Waals surface area contributed by atoms with E-state index in [4.69, 9.17) is 17.3 Å². The van der Waals surface area contributed by atoms with Gasteiger partial charge in [0, 0.05) is 18.2 Å². The van der Waals surface area contributed by atoms with Gasteiger partial charge in [0.05, 0.1) is 5.02 Å². The Kier molecular flexibility index (Phi) is 4.32. The van der Waals surface area contributed by atoms with Crippen molar-refractivity contribution in [1.29, 1.82) is 0 Å². The first kappa shape index (κ1) is 14.2. The lowest BCUT2D eigenvalue weighted by Crippen LogP contribution is -2.47. The van der Waals surface area contributed by atoms with Crippen molar-refractivity contribution in [2.75, 3.05) is 13.1 Å². The van der Waals surface area contributed by atoms with E-state index < -0.39 is 0 Å². The molecule has 3 N–H and O–H groups in total. The topological polar surface area (TPSA) is 66.6 Å². The Morgan fingerprint density at radius 3 is 2.89 bits per heavy atom. The number of phenolic OH excluding ortho intramolecular Hbond substituents is 1. The minimum atomic E-state index is -0.0486. The molecule has 2 unspecified atom stereocenters. The maximum Gasteiger partial charge on any atom is 0.254 e. The van der Waals surface area contributed by atoms with Gasteiger partial charge in [0.2, 0.25) is 0 Å². The summed E-state index contributed by atoms with van der Waals surface area (Å²) in [6, 6.07) is 4.77. The molecule has 2 rings (SSSR count). The molecule has 1 aliphatic heterocycles. The molecule has 19 heavy (non-hydrogen) atoms. The van der Waals surface area contributed by atoms with E-state index >= 15 is 0 Å². The number of likely N-dealkylation sites (tertiary alicyclic amines) is 1.